The quantitative estimate of drug-likeness (QED) is 0.483. The number of aromatic nitrogens is 2. The van der Waals surface area contributed by atoms with Gasteiger partial charge in [0.1, 0.15) is 11.5 Å². The van der Waals surface area contributed by atoms with Gasteiger partial charge in [-0.05, 0) is 32.0 Å². The van der Waals surface area contributed by atoms with Crippen LogP contribution in [0.25, 0.3) is 10.9 Å². The fourth-order valence-corrected chi connectivity index (χ4v) is 3.68. The molecule has 136 valence electrons. The number of hydrogen-bond acceptors (Lipinski definition) is 3. The number of aryl methyl sites for hydroxylation is 2. The molecule has 27 heavy (non-hydrogen) atoms. The van der Waals surface area contributed by atoms with Gasteiger partial charge in [0.25, 0.3) is 0 Å². The van der Waals surface area contributed by atoms with Crippen LogP contribution in [-0.2, 0) is 0 Å². The van der Waals surface area contributed by atoms with Crippen molar-refractivity contribution in [1.29, 1.82) is 0 Å². The average Bonchev–Trinajstić information content (AvgIpc) is 3.15. The summed E-state index contributed by atoms with van der Waals surface area (Å²) in [5, 5.41) is 7.52. The molecule has 0 saturated carbocycles. The number of H-pyrrole nitrogens is 1. The lowest BCUT2D eigenvalue weighted by atomic mass is 10.1. The number of benzene rings is 2. The smallest absolute Gasteiger partial charge is 0.211 e. The van der Waals surface area contributed by atoms with E-state index in [2.05, 4.69) is 15.1 Å². The molecule has 0 atom stereocenters. The Labute approximate surface area is 158 Å². The first-order valence-electron chi connectivity index (χ1n) is 8.31. The Morgan fingerprint density at radius 3 is 2.74 bits per heavy atom. The predicted octanol–water partition coefficient (Wildman–Crippen LogP) is 5.04. The maximum atomic E-state index is 13.9. The summed E-state index contributed by atoms with van der Waals surface area (Å²) >= 11 is 1.34. The molecule has 0 fully saturated rings. The molecule has 4 nitrogen and oxygen atoms in total. The van der Waals surface area contributed by atoms with Crippen LogP contribution in [0.3, 0.4) is 0 Å². The number of halogens is 2. The highest BCUT2D eigenvalue weighted by Crippen LogP contribution is 2.20. The number of thiazole rings is 1. The van der Waals surface area contributed by atoms with Gasteiger partial charge in [0.2, 0.25) is 4.80 Å². The van der Waals surface area contributed by atoms with E-state index in [-0.39, 0.29) is 5.69 Å². The van der Waals surface area contributed by atoms with Gasteiger partial charge in [-0.15, -0.1) is 11.3 Å². The molecular weight excluding hydrogens is 366 g/mol. The Bertz CT molecular complexity index is 1230. The van der Waals surface area contributed by atoms with E-state index >= 15 is 0 Å². The normalized spacial score (nSPS) is 12.5. The summed E-state index contributed by atoms with van der Waals surface area (Å²) in [6.07, 6.45) is 1.77. The van der Waals surface area contributed by atoms with Crippen LogP contribution in [0.5, 0.6) is 0 Å². The van der Waals surface area contributed by atoms with Crippen LogP contribution in [0.15, 0.2) is 57.9 Å². The number of nitrogens with one attached hydrogen (secondary N) is 1. The molecule has 0 aliphatic rings. The summed E-state index contributed by atoms with van der Waals surface area (Å²) in [4.78, 5) is 8.14. The number of hydrogen-bond donors (Lipinski definition) is 1. The van der Waals surface area contributed by atoms with E-state index < -0.39 is 11.6 Å². The van der Waals surface area contributed by atoms with Crippen LogP contribution in [0, 0.1) is 25.5 Å². The van der Waals surface area contributed by atoms with E-state index in [4.69, 9.17) is 0 Å². The van der Waals surface area contributed by atoms with Crippen LogP contribution in [-0.4, -0.2) is 15.9 Å². The molecule has 0 bridgehead atoms. The molecule has 0 saturated heterocycles. The monoisotopic (exact) mass is 382 g/mol. The van der Waals surface area contributed by atoms with Gasteiger partial charge in [-0.25, -0.2) is 18.4 Å². The van der Waals surface area contributed by atoms with Gasteiger partial charge >= 0.3 is 0 Å². The zero-order valence-corrected chi connectivity index (χ0v) is 15.5. The third-order valence-corrected chi connectivity index (χ3v) is 5.16. The first-order valence-corrected chi connectivity index (χ1v) is 9.19. The predicted molar refractivity (Wildman–Crippen MR) is 105 cm³/mol. The summed E-state index contributed by atoms with van der Waals surface area (Å²) in [7, 11) is 0. The van der Waals surface area contributed by atoms with Crippen molar-refractivity contribution in [3.8, 4) is 0 Å². The lowest BCUT2D eigenvalue weighted by Gasteiger charge is -2.00. The second-order valence-corrected chi connectivity index (χ2v) is 6.97. The third-order valence-electron chi connectivity index (χ3n) is 4.22. The summed E-state index contributed by atoms with van der Waals surface area (Å²) in [6, 6.07) is 11.3. The maximum absolute atomic E-state index is 13.9. The molecule has 0 aliphatic heterocycles. The minimum Gasteiger partial charge on any atom is -0.358 e. The fourth-order valence-electron chi connectivity index (χ4n) is 2.86. The van der Waals surface area contributed by atoms with Gasteiger partial charge in [0.15, 0.2) is 5.82 Å². The Kier molecular flexibility index (Phi) is 4.45. The number of fused-ring (bicyclic) bond motifs is 1. The van der Waals surface area contributed by atoms with Crippen molar-refractivity contribution in [2.75, 3.05) is 0 Å². The largest absolute Gasteiger partial charge is 0.358 e. The third kappa shape index (κ3) is 3.33. The van der Waals surface area contributed by atoms with Crippen molar-refractivity contribution in [2.45, 2.75) is 13.8 Å². The molecule has 0 aliphatic carbocycles. The first kappa shape index (κ1) is 17.4. The molecule has 1 N–H and O–H groups in total. The molecule has 0 spiro atoms. The standard InChI is InChI=1S/C20H16F2N4S/c1-12-11-27-20(25-19-8-7-14(21)9-17(19)22)26(12)23-10-16-13(2)24-18-6-4-3-5-15(16)18/h3-11,24H,1-2H3. The zero-order chi connectivity index (χ0) is 19.0. The van der Waals surface area contributed by atoms with Crippen molar-refractivity contribution < 1.29 is 8.78 Å². The molecule has 0 radical (unpaired) electrons. The Morgan fingerprint density at radius 1 is 1.11 bits per heavy atom. The topological polar surface area (TPSA) is 45.4 Å². The summed E-state index contributed by atoms with van der Waals surface area (Å²) in [5.41, 5.74) is 3.99. The first-order chi connectivity index (χ1) is 13.0. The van der Waals surface area contributed by atoms with Crippen LogP contribution >= 0.6 is 11.3 Å². The summed E-state index contributed by atoms with van der Waals surface area (Å²) in [6.45, 7) is 3.89. The number of aromatic amines is 1. The van der Waals surface area contributed by atoms with Crippen molar-refractivity contribution in [3.05, 3.63) is 81.2 Å². The van der Waals surface area contributed by atoms with Crippen LogP contribution < -0.4 is 4.80 Å². The van der Waals surface area contributed by atoms with E-state index in [0.29, 0.717) is 4.80 Å². The highest BCUT2D eigenvalue weighted by molar-refractivity contribution is 7.07. The Balaban J connectivity index is 1.79. The minimum absolute atomic E-state index is 0.0745. The number of nitrogens with zero attached hydrogens (tertiary/aromatic N) is 3. The van der Waals surface area contributed by atoms with Gasteiger partial charge in [-0.1, -0.05) is 18.2 Å². The molecule has 4 rings (SSSR count). The van der Waals surface area contributed by atoms with E-state index in [0.717, 1.165) is 33.9 Å². The van der Waals surface area contributed by atoms with Crippen LogP contribution in [0.4, 0.5) is 14.5 Å². The lowest BCUT2D eigenvalue weighted by molar-refractivity contribution is 0.584. The average molecular weight is 382 g/mol. The maximum Gasteiger partial charge on any atom is 0.211 e. The molecule has 7 heteroatoms. The van der Waals surface area contributed by atoms with E-state index in [1.165, 1.54) is 23.5 Å². The number of rotatable bonds is 3. The molecule has 2 aromatic heterocycles. The molecule has 4 aromatic rings. The second kappa shape index (κ2) is 6.92. The van der Waals surface area contributed by atoms with Gasteiger partial charge in [-0.2, -0.15) is 5.10 Å². The highest BCUT2D eigenvalue weighted by Gasteiger charge is 2.07. The molecular formula is C20H16F2N4S. The fraction of sp³-hybridized carbons (Fsp3) is 0.100. The lowest BCUT2D eigenvalue weighted by Crippen LogP contribution is -2.11. The van der Waals surface area contributed by atoms with Crippen molar-refractivity contribution in [1.82, 2.24) is 9.66 Å². The summed E-state index contributed by atoms with van der Waals surface area (Å²) < 4.78 is 28.7. The van der Waals surface area contributed by atoms with E-state index in [9.17, 15) is 8.78 Å². The zero-order valence-electron chi connectivity index (χ0n) is 14.7. The highest BCUT2D eigenvalue weighted by atomic mass is 32.1. The summed E-state index contributed by atoms with van der Waals surface area (Å²) in [5.74, 6) is -1.33. The van der Waals surface area contributed by atoms with Crippen molar-refractivity contribution in [2.24, 2.45) is 10.1 Å². The SMILES string of the molecule is Cc1[nH]c2ccccc2c1C=Nn1c(C)csc1=Nc1ccc(F)cc1F. The van der Waals surface area contributed by atoms with Crippen LogP contribution in [0.2, 0.25) is 0 Å². The molecule has 2 aromatic carbocycles. The molecule has 0 unspecified atom stereocenters. The second-order valence-electron chi connectivity index (χ2n) is 6.13. The Hall–Kier alpha value is -3.06. The van der Waals surface area contributed by atoms with Crippen LogP contribution in [0.1, 0.15) is 17.0 Å². The van der Waals surface area contributed by atoms with Gasteiger partial charge in [0, 0.05) is 33.6 Å². The Morgan fingerprint density at radius 2 is 1.93 bits per heavy atom. The molecule has 0 amide bonds. The van der Waals surface area contributed by atoms with Gasteiger partial charge in [0.05, 0.1) is 11.9 Å². The molecule has 2 heterocycles. The van der Waals surface area contributed by atoms with Crippen molar-refractivity contribution in [3.63, 3.8) is 0 Å². The van der Waals surface area contributed by atoms with Gasteiger partial charge in [-0.3, -0.25) is 0 Å². The minimum atomic E-state index is -0.705. The van der Waals surface area contributed by atoms with Crippen molar-refractivity contribution >= 4 is 34.1 Å². The van der Waals surface area contributed by atoms with Gasteiger partial charge < -0.3 is 4.98 Å². The van der Waals surface area contributed by atoms with E-state index in [1.807, 2.05) is 43.5 Å². The van der Waals surface area contributed by atoms with E-state index in [1.54, 1.807) is 10.9 Å². The number of para-hydroxylation sites is 1.